The molecule has 0 unspecified atom stereocenters. The van der Waals surface area contributed by atoms with Gasteiger partial charge in [0.15, 0.2) is 0 Å². The van der Waals surface area contributed by atoms with Gasteiger partial charge in [-0.2, -0.15) is 0 Å². The van der Waals surface area contributed by atoms with Crippen LogP contribution in [0.3, 0.4) is 0 Å². The lowest BCUT2D eigenvalue weighted by Crippen LogP contribution is -2.39. The van der Waals surface area contributed by atoms with Gasteiger partial charge in [-0.3, -0.25) is 0 Å². The number of anilines is 1. The number of aryl methyl sites for hydroxylation is 1. The molecule has 1 aliphatic heterocycles. The van der Waals surface area contributed by atoms with Gasteiger partial charge in [0.05, 0.1) is 6.54 Å². The second kappa shape index (κ2) is 5.88. The predicted octanol–water partition coefficient (Wildman–Crippen LogP) is 1.94. The molecule has 1 N–H and O–H groups in total. The van der Waals surface area contributed by atoms with Crippen molar-refractivity contribution in [3.63, 3.8) is 0 Å². The van der Waals surface area contributed by atoms with E-state index in [9.17, 15) is 9.50 Å². The number of hydrogen-bond acceptors (Lipinski definition) is 5. The first-order valence-electron chi connectivity index (χ1n) is 7.19. The quantitative estimate of drug-likeness (QED) is 0.935. The highest BCUT2D eigenvalue weighted by Crippen LogP contribution is 2.26. The Morgan fingerprint density at radius 3 is 3.05 bits per heavy atom. The Morgan fingerprint density at radius 2 is 2.27 bits per heavy atom. The lowest BCUT2D eigenvalue weighted by atomic mass is 10.1. The Morgan fingerprint density at radius 1 is 1.41 bits per heavy atom. The molecule has 0 saturated carbocycles. The molecule has 0 amide bonds. The van der Waals surface area contributed by atoms with Gasteiger partial charge in [-0.25, -0.2) is 14.4 Å². The molecule has 1 aliphatic rings. The zero-order chi connectivity index (χ0) is 15.6. The van der Waals surface area contributed by atoms with Crippen LogP contribution in [0.4, 0.5) is 10.2 Å². The molecule has 1 saturated heterocycles. The van der Waals surface area contributed by atoms with Crippen LogP contribution in [-0.4, -0.2) is 40.4 Å². The van der Waals surface area contributed by atoms with Crippen LogP contribution < -0.4 is 9.64 Å². The van der Waals surface area contributed by atoms with E-state index < -0.39 is 5.60 Å². The van der Waals surface area contributed by atoms with Crippen LogP contribution in [0.1, 0.15) is 12.2 Å². The molecule has 2 aromatic rings. The molecule has 0 aliphatic carbocycles. The molecule has 1 aromatic heterocycles. The molecule has 3 rings (SSSR count). The highest BCUT2D eigenvalue weighted by molar-refractivity contribution is 5.40. The van der Waals surface area contributed by atoms with Gasteiger partial charge in [0.1, 0.15) is 35.4 Å². The number of halogens is 1. The zero-order valence-electron chi connectivity index (χ0n) is 12.4. The number of hydrogen-bond donors (Lipinski definition) is 1. The molecular formula is C16H18FN3O2. The molecule has 1 fully saturated rings. The Balaban J connectivity index is 1.63. The Bertz CT molecular complexity index is 667. The Hall–Kier alpha value is -2.21. The van der Waals surface area contributed by atoms with E-state index in [2.05, 4.69) is 9.97 Å². The summed E-state index contributed by atoms with van der Waals surface area (Å²) in [6.45, 7) is 3.08. The molecule has 0 bridgehead atoms. The lowest BCUT2D eigenvalue weighted by molar-refractivity contribution is 0.0143. The third-order valence-corrected chi connectivity index (χ3v) is 3.72. The second-order valence-corrected chi connectivity index (χ2v) is 5.60. The van der Waals surface area contributed by atoms with Crippen LogP contribution in [0.5, 0.6) is 5.75 Å². The minimum atomic E-state index is -0.967. The SMILES string of the molecule is Cc1nccc(N2CC[C@](O)(COc3cccc(F)c3)C2)n1. The molecule has 22 heavy (non-hydrogen) atoms. The number of benzene rings is 1. The van der Waals surface area contributed by atoms with E-state index in [-0.39, 0.29) is 12.4 Å². The number of nitrogens with zero attached hydrogens (tertiary/aromatic N) is 3. The van der Waals surface area contributed by atoms with E-state index in [4.69, 9.17) is 4.74 Å². The summed E-state index contributed by atoms with van der Waals surface area (Å²) in [4.78, 5) is 10.4. The summed E-state index contributed by atoms with van der Waals surface area (Å²) >= 11 is 0. The van der Waals surface area contributed by atoms with Crippen LogP contribution in [0.25, 0.3) is 0 Å². The first-order chi connectivity index (χ1) is 10.5. The minimum Gasteiger partial charge on any atom is -0.490 e. The normalized spacial score (nSPS) is 21.1. The standard InChI is InChI=1S/C16H18FN3O2/c1-12-18-7-5-15(19-12)20-8-6-16(21,10-20)11-22-14-4-2-3-13(17)9-14/h2-5,7,9,21H,6,8,10-11H2,1H3/t16-/m1/s1. The third kappa shape index (κ3) is 3.33. The molecule has 0 radical (unpaired) electrons. The lowest BCUT2D eigenvalue weighted by Gasteiger charge is -2.24. The molecule has 1 aromatic carbocycles. The van der Waals surface area contributed by atoms with E-state index in [1.165, 1.54) is 12.1 Å². The second-order valence-electron chi connectivity index (χ2n) is 5.60. The van der Waals surface area contributed by atoms with Crippen molar-refractivity contribution in [1.82, 2.24) is 9.97 Å². The van der Waals surface area contributed by atoms with Gasteiger partial charge < -0.3 is 14.7 Å². The maximum Gasteiger partial charge on any atom is 0.132 e. The molecular weight excluding hydrogens is 285 g/mol. The molecule has 6 heteroatoms. The molecule has 2 heterocycles. The molecule has 1 atom stereocenters. The molecule has 0 spiro atoms. The monoisotopic (exact) mass is 303 g/mol. The maximum absolute atomic E-state index is 13.1. The summed E-state index contributed by atoms with van der Waals surface area (Å²) in [5, 5.41) is 10.6. The fourth-order valence-electron chi connectivity index (χ4n) is 2.56. The molecule has 5 nitrogen and oxygen atoms in total. The Kier molecular flexibility index (Phi) is 3.94. The number of β-amino-alcohol motifs (C(OH)–C–C–N with tert-alkyl or cyclic N) is 1. The van der Waals surface area contributed by atoms with E-state index in [1.54, 1.807) is 18.3 Å². The van der Waals surface area contributed by atoms with Gasteiger partial charge in [-0.05, 0) is 31.5 Å². The number of aliphatic hydroxyl groups is 1. The topological polar surface area (TPSA) is 58.5 Å². The summed E-state index contributed by atoms with van der Waals surface area (Å²) in [6, 6.07) is 7.75. The van der Waals surface area contributed by atoms with E-state index in [0.717, 1.165) is 5.82 Å². The summed E-state index contributed by atoms with van der Waals surface area (Å²) in [7, 11) is 0. The van der Waals surface area contributed by atoms with Crippen LogP contribution in [0, 0.1) is 12.7 Å². The minimum absolute atomic E-state index is 0.122. The van der Waals surface area contributed by atoms with E-state index in [1.807, 2.05) is 17.9 Å². The summed E-state index contributed by atoms with van der Waals surface area (Å²) in [6.07, 6.45) is 2.28. The van der Waals surface area contributed by atoms with Crippen molar-refractivity contribution >= 4 is 5.82 Å². The average molecular weight is 303 g/mol. The zero-order valence-corrected chi connectivity index (χ0v) is 12.4. The fourth-order valence-corrected chi connectivity index (χ4v) is 2.56. The molecule has 116 valence electrons. The highest BCUT2D eigenvalue weighted by Gasteiger charge is 2.37. The predicted molar refractivity (Wildman–Crippen MR) is 80.4 cm³/mol. The van der Waals surface area contributed by atoms with Crippen molar-refractivity contribution in [1.29, 1.82) is 0 Å². The first kappa shape index (κ1) is 14.7. The van der Waals surface area contributed by atoms with E-state index in [0.29, 0.717) is 31.1 Å². The third-order valence-electron chi connectivity index (χ3n) is 3.72. The first-order valence-corrected chi connectivity index (χ1v) is 7.19. The van der Waals surface area contributed by atoms with Crippen molar-refractivity contribution in [3.05, 3.63) is 48.2 Å². The van der Waals surface area contributed by atoms with Crippen molar-refractivity contribution in [2.75, 3.05) is 24.6 Å². The van der Waals surface area contributed by atoms with Crippen molar-refractivity contribution in [2.45, 2.75) is 18.9 Å². The summed E-state index contributed by atoms with van der Waals surface area (Å²) in [5.41, 5.74) is -0.967. The maximum atomic E-state index is 13.1. The van der Waals surface area contributed by atoms with Crippen LogP contribution in [0.2, 0.25) is 0 Å². The number of aromatic nitrogens is 2. The number of ether oxygens (including phenoxy) is 1. The highest BCUT2D eigenvalue weighted by atomic mass is 19.1. The van der Waals surface area contributed by atoms with Gasteiger partial charge >= 0.3 is 0 Å². The smallest absolute Gasteiger partial charge is 0.132 e. The largest absolute Gasteiger partial charge is 0.490 e. The van der Waals surface area contributed by atoms with Crippen LogP contribution >= 0.6 is 0 Å². The summed E-state index contributed by atoms with van der Waals surface area (Å²) < 4.78 is 18.7. The van der Waals surface area contributed by atoms with Gasteiger partial charge in [0.25, 0.3) is 0 Å². The van der Waals surface area contributed by atoms with Crippen LogP contribution in [-0.2, 0) is 0 Å². The number of rotatable bonds is 4. The van der Waals surface area contributed by atoms with Gasteiger partial charge in [0, 0.05) is 18.8 Å². The van der Waals surface area contributed by atoms with Crippen LogP contribution in [0.15, 0.2) is 36.5 Å². The average Bonchev–Trinajstić information content (AvgIpc) is 2.89. The Labute approximate surface area is 128 Å². The van der Waals surface area contributed by atoms with Crippen molar-refractivity contribution in [3.8, 4) is 5.75 Å². The van der Waals surface area contributed by atoms with Crippen molar-refractivity contribution in [2.24, 2.45) is 0 Å². The van der Waals surface area contributed by atoms with E-state index >= 15 is 0 Å². The van der Waals surface area contributed by atoms with Gasteiger partial charge in [-0.15, -0.1) is 0 Å². The fraction of sp³-hybridized carbons (Fsp3) is 0.375. The summed E-state index contributed by atoms with van der Waals surface area (Å²) in [5.74, 6) is 1.57. The van der Waals surface area contributed by atoms with Gasteiger partial charge in [-0.1, -0.05) is 6.07 Å². The van der Waals surface area contributed by atoms with Crippen molar-refractivity contribution < 1.29 is 14.2 Å². The van der Waals surface area contributed by atoms with Gasteiger partial charge in [0.2, 0.25) is 0 Å².